The van der Waals surface area contributed by atoms with Gasteiger partial charge in [0.2, 0.25) is 0 Å². The molecule has 2 N–H and O–H groups in total. The van der Waals surface area contributed by atoms with Crippen LogP contribution in [0.3, 0.4) is 0 Å². The second kappa shape index (κ2) is 4.23. The predicted octanol–water partition coefficient (Wildman–Crippen LogP) is 2.26. The third kappa shape index (κ3) is 2.00. The van der Waals surface area contributed by atoms with Gasteiger partial charge in [0.1, 0.15) is 0 Å². The Morgan fingerprint density at radius 2 is 1.83 bits per heavy atom. The van der Waals surface area contributed by atoms with Gasteiger partial charge in [0.15, 0.2) is 5.78 Å². The fourth-order valence-corrected chi connectivity index (χ4v) is 2.44. The lowest BCUT2D eigenvalue weighted by Gasteiger charge is -2.03. The molecule has 96 valence electrons. The Morgan fingerprint density at radius 1 is 1.22 bits per heavy atom. The topological polar surface area (TPSA) is 74.6 Å². The number of aliphatic carboxylic acids is 1. The van der Waals surface area contributed by atoms with E-state index in [-0.39, 0.29) is 10.6 Å². The van der Waals surface area contributed by atoms with E-state index in [1.807, 2.05) is 0 Å². The van der Waals surface area contributed by atoms with E-state index >= 15 is 0 Å². The minimum Gasteiger partial charge on any atom is -0.481 e. The SMILES string of the molecule is CC1(O)C(C(=O)O)C1C(=O)c1ccc(Cl)c(Cl)c1. The van der Waals surface area contributed by atoms with Gasteiger partial charge in [0.05, 0.1) is 27.5 Å². The summed E-state index contributed by atoms with van der Waals surface area (Å²) in [5, 5.41) is 19.2. The highest BCUT2D eigenvalue weighted by Crippen LogP contribution is 2.52. The Labute approximate surface area is 113 Å². The molecule has 0 saturated heterocycles. The van der Waals surface area contributed by atoms with Crippen molar-refractivity contribution in [1.82, 2.24) is 0 Å². The van der Waals surface area contributed by atoms with Gasteiger partial charge in [0.25, 0.3) is 0 Å². The monoisotopic (exact) mass is 288 g/mol. The van der Waals surface area contributed by atoms with Crippen LogP contribution < -0.4 is 0 Å². The molecule has 0 heterocycles. The molecule has 1 aromatic rings. The van der Waals surface area contributed by atoms with Crippen LogP contribution >= 0.6 is 23.2 Å². The number of hydrogen-bond donors (Lipinski definition) is 2. The van der Waals surface area contributed by atoms with Gasteiger partial charge in [-0.05, 0) is 25.1 Å². The third-order valence-electron chi connectivity index (χ3n) is 3.24. The molecule has 0 radical (unpaired) electrons. The zero-order valence-corrected chi connectivity index (χ0v) is 10.9. The Bertz CT molecular complexity index is 539. The Hall–Kier alpha value is -1.10. The summed E-state index contributed by atoms with van der Waals surface area (Å²) in [6.07, 6.45) is 0. The van der Waals surface area contributed by atoms with Crippen LogP contribution in [0.1, 0.15) is 17.3 Å². The number of ketones is 1. The number of halogens is 2. The van der Waals surface area contributed by atoms with Gasteiger partial charge in [-0.15, -0.1) is 0 Å². The number of benzene rings is 1. The molecule has 0 aliphatic heterocycles. The minimum absolute atomic E-state index is 0.217. The minimum atomic E-state index is -1.50. The summed E-state index contributed by atoms with van der Waals surface area (Å²) in [6.45, 7) is 1.34. The highest BCUT2D eigenvalue weighted by molar-refractivity contribution is 6.42. The molecule has 6 heteroatoms. The van der Waals surface area contributed by atoms with Crippen molar-refractivity contribution < 1.29 is 19.8 Å². The molecule has 0 aromatic heterocycles. The first-order valence-corrected chi connectivity index (χ1v) is 5.97. The van der Waals surface area contributed by atoms with Crippen molar-refractivity contribution in [3.05, 3.63) is 33.8 Å². The van der Waals surface area contributed by atoms with Crippen LogP contribution in [0.2, 0.25) is 10.0 Å². The summed E-state index contributed by atoms with van der Waals surface area (Å²) in [4.78, 5) is 23.0. The fourth-order valence-electron chi connectivity index (χ4n) is 2.14. The van der Waals surface area contributed by atoms with Gasteiger partial charge in [-0.1, -0.05) is 23.2 Å². The van der Waals surface area contributed by atoms with E-state index in [4.69, 9.17) is 28.3 Å². The number of aliphatic hydroxyl groups is 1. The first-order valence-electron chi connectivity index (χ1n) is 5.21. The highest BCUT2D eigenvalue weighted by atomic mass is 35.5. The van der Waals surface area contributed by atoms with Crippen LogP contribution in [0.5, 0.6) is 0 Å². The largest absolute Gasteiger partial charge is 0.481 e. The molecule has 1 saturated carbocycles. The fraction of sp³-hybridized carbons (Fsp3) is 0.333. The summed E-state index contributed by atoms with van der Waals surface area (Å²) in [7, 11) is 0. The number of carbonyl (C=O) groups excluding carboxylic acids is 1. The molecule has 0 bridgehead atoms. The zero-order chi connectivity index (χ0) is 13.7. The number of carboxylic acids is 1. The normalized spacial score (nSPS) is 30.0. The highest BCUT2D eigenvalue weighted by Gasteiger charge is 2.68. The van der Waals surface area contributed by atoms with Crippen molar-refractivity contribution in [2.45, 2.75) is 12.5 Å². The van der Waals surface area contributed by atoms with Crippen molar-refractivity contribution in [3.8, 4) is 0 Å². The van der Waals surface area contributed by atoms with E-state index in [1.54, 1.807) is 0 Å². The molecule has 3 atom stereocenters. The van der Waals surface area contributed by atoms with Crippen molar-refractivity contribution in [1.29, 1.82) is 0 Å². The van der Waals surface area contributed by atoms with Crippen LogP contribution in [0.15, 0.2) is 18.2 Å². The molecule has 1 aromatic carbocycles. The summed E-state index contributed by atoms with van der Waals surface area (Å²) in [5.41, 5.74) is -1.26. The van der Waals surface area contributed by atoms with E-state index in [0.29, 0.717) is 5.02 Å². The van der Waals surface area contributed by atoms with Crippen LogP contribution in [0.25, 0.3) is 0 Å². The van der Waals surface area contributed by atoms with Gasteiger partial charge in [-0.3, -0.25) is 9.59 Å². The standard InChI is InChI=1S/C12H10Cl2O4/c1-12(18)8(9(12)11(16)17)10(15)5-2-3-6(13)7(14)4-5/h2-4,8-9,18H,1H3,(H,16,17). The van der Waals surface area contributed by atoms with E-state index in [1.165, 1.54) is 25.1 Å². The zero-order valence-electron chi connectivity index (χ0n) is 9.35. The second-order valence-electron chi connectivity index (χ2n) is 4.51. The van der Waals surface area contributed by atoms with Crippen molar-refractivity contribution in [2.75, 3.05) is 0 Å². The van der Waals surface area contributed by atoms with Gasteiger partial charge < -0.3 is 10.2 Å². The molecule has 0 amide bonds. The van der Waals surface area contributed by atoms with Crippen LogP contribution in [-0.4, -0.2) is 27.6 Å². The molecule has 1 fully saturated rings. The molecular weight excluding hydrogens is 279 g/mol. The van der Waals surface area contributed by atoms with Crippen molar-refractivity contribution in [2.24, 2.45) is 11.8 Å². The maximum absolute atomic E-state index is 12.1. The van der Waals surface area contributed by atoms with E-state index in [0.717, 1.165) is 0 Å². The van der Waals surface area contributed by atoms with Gasteiger partial charge in [-0.25, -0.2) is 0 Å². The van der Waals surface area contributed by atoms with Gasteiger partial charge in [-0.2, -0.15) is 0 Å². The average Bonchev–Trinajstić information content (AvgIpc) is 2.85. The number of rotatable bonds is 3. The van der Waals surface area contributed by atoms with Gasteiger partial charge in [0, 0.05) is 5.56 Å². The van der Waals surface area contributed by atoms with Crippen LogP contribution in [0.4, 0.5) is 0 Å². The Morgan fingerprint density at radius 3 is 2.28 bits per heavy atom. The van der Waals surface area contributed by atoms with E-state index in [9.17, 15) is 14.7 Å². The van der Waals surface area contributed by atoms with E-state index in [2.05, 4.69) is 0 Å². The molecule has 2 rings (SSSR count). The Kier molecular flexibility index (Phi) is 3.13. The molecule has 1 aliphatic carbocycles. The smallest absolute Gasteiger partial charge is 0.310 e. The molecular formula is C12H10Cl2O4. The lowest BCUT2D eigenvalue weighted by atomic mass is 10.0. The number of hydrogen-bond acceptors (Lipinski definition) is 3. The van der Waals surface area contributed by atoms with E-state index < -0.39 is 29.2 Å². The maximum atomic E-state index is 12.1. The number of carbonyl (C=O) groups is 2. The summed E-state index contributed by atoms with van der Waals surface area (Å²) < 4.78 is 0. The van der Waals surface area contributed by atoms with Crippen molar-refractivity contribution >= 4 is 35.0 Å². The first kappa shape index (κ1) is 13.3. The number of carboxylic acid groups (broad SMARTS) is 1. The molecule has 4 nitrogen and oxygen atoms in total. The lowest BCUT2D eigenvalue weighted by molar-refractivity contribution is -0.140. The van der Waals surface area contributed by atoms with Crippen molar-refractivity contribution in [3.63, 3.8) is 0 Å². The average molecular weight is 289 g/mol. The quantitative estimate of drug-likeness (QED) is 0.837. The first-order chi connectivity index (χ1) is 8.26. The number of Topliss-reactive ketones (excluding diaryl/α,β-unsaturated/α-hetero) is 1. The second-order valence-corrected chi connectivity index (χ2v) is 5.33. The maximum Gasteiger partial charge on any atom is 0.310 e. The van der Waals surface area contributed by atoms with Crippen LogP contribution in [0, 0.1) is 11.8 Å². The summed E-state index contributed by atoms with van der Waals surface area (Å²) in [5.74, 6) is -3.63. The summed E-state index contributed by atoms with van der Waals surface area (Å²) in [6, 6.07) is 4.30. The molecule has 1 aliphatic rings. The molecule has 0 spiro atoms. The molecule has 3 unspecified atom stereocenters. The predicted molar refractivity (Wildman–Crippen MR) is 66.0 cm³/mol. The van der Waals surface area contributed by atoms with Gasteiger partial charge >= 0.3 is 5.97 Å². The lowest BCUT2D eigenvalue weighted by Crippen LogP contribution is -2.13. The van der Waals surface area contributed by atoms with Crippen LogP contribution in [-0.2, 0) is 4.79 Å². The third-order valence-corrected chi connectivity index (χ3v) is 3.98. The summed E-state index contributed by atoms with van der Waals surface area (Å²) >= 11 is 11.5. The molecule has 18 heavy (non-hydrogen) atoms. The Balaban J connectivity index is 2.28.